The maximum absolute atomic E-state index is 6.39. The van der Waals surface area contributed by atoms with Crippen molar-refractivity contribution >= 4 is 5.57 Å². The van der Waals surface area contributed by atoms with Crippen LogP contribution in [0, 0.1) is 16.7 Å². The Kier molecular flexibility index (Phi) is 8.60. The van der Waals surface area contributed by atoms with Gasteiger partial charge in [0.15, 0.2) is 0 Å². The highest BCUT2D eigenvalue weighted by Crippen LogP contribution is 2.47. The Labute approximate surface area is 223 Å². The molecule has 1 atom stereocenters. The second-order valence-corrected chi connectivity index (χ2v) is 14.3. The van der Waals surface area contributed by atoms with Gasteiger partial charge in [-0.3, -0.25) is 0 Å². The van der Waals surface area contributed by atoms with Gasteiger partial charge in [-0.05, 0) is 141 Å². The first-order chi connectivity index (χ1) is 17.0. The molecule has 0 amide bonds. The predicted molar refractivity (Wildman–Crippen MR) is 158 cm³/mol. The molecular formula is C35H55N. The molecule has 2 saturated carbocycles. The Morgan fingerprint density at radius 2 is 1.67 bits per heavy atom. The predicted octanol–water partition coefficient (Wildman–Crippen LogP) is 9.92. The summed E-state index contributed by atoms with van der Waals surface area (Å²) in [4.78, 5) is 0. The van der Waals surface area contributed by atoms with Crippen molar-refractivity contribution < 1.29 is 0 Å². The summed E-state index contributed by atoms with van der Waals surface area (Å²) in [6.45, 7) is 14.6. The molecular weight excluding hydrogens is 434 g/mol. The van der Waals surface area contributed by atoms with Gasteiger partial charge >= 0.3 is 0 Å². The van der Waals surface area contributed by atoms with E-state index in [1.54, 1.807) is 22.3 Å². The highest BCUT2D eigenvalue weighted by molar-refractivity contribution is 5.74. The van der Waals surface area contributed by atoms with Gasteiger partial charge in [0.05, 0.1) is 0 Å². The van der Waals surface area contributed by atoms with Gasteiger partial charge in [0.1, 0.15) is 0 Å². The normalized spacial score (nSPS) is 26.2. The first-order valence-corrected chi connectivity index (χ1v) is 15.3. The van der Waals surface area contributed by atoms with Crippen LogP contribution < -0.4 is 5.73 Å². The Hall–Kier alpha value is -1.34. The topological polar surface area (TPSA) is 26.0 Å². The fourth-order valence-electron chi connectivity index (χ4n) is 6.76. The van der Waals surface area contributed by atoms with E-state index < -0.39 is 0 Å². The molecule has 0 aliphatic heterocycles. The quantitative estimate of drug-likeness (QED) is 0.310. The van der Waals surface area contributed by atoms with Crippen LogP contribution in [0.25, 0.3) is 5.57 Å². The van der Waals surface area contributed by atoms with Gasteiger partial charge in [-0.25, -0.2) is 0 Å². The molecule has 36 heavy (non-hydrogen) atoms. The van der Waals surface area contributed by atoms with Gasteiger partial charge in [-0.15, -0.1) is 0 Å². The molecule has 0 bridgehead atoms. The number of rotatable bonds is 12. The lowest BCUT2D eigenvalue weighted by Crippen LogP contribution is -2.40. The molecule has 3 aliphatic rings. The summed E-state index contributed by atoms with van der Waals surface area (Å²) in [6.07, 6.45) is 25.0. The highest BCUT2D eigenvalue weighted by Gasteiger charge is 2.32. The number of allylic oxidation sites excluding steroid dienone is 4. The lowest BCUT2D eigenvalue weighted by atomic mass is 9.69. The Morgan fingerprint density at radius 3 is 2.25 bits per heavy atom. The van der Waals surface area contributed by atoms with Crippen molar-refractivity contribution in [3.05, 3.63) is 52.6 Å². The van der Waals surface area contributed by atoms with Crippen molar-refractivity contribution in [2.75, 3.05) is 0 Å². The van der Waals surface area contributed by atoms with E-state index in [1.807, 2.05) is 0 Å². The van der Waals surface area contributed by atoms with Crippen molar-refractivity contribution in [2.24, 2.45) is 22.5 Å². The lowest BCUT2D eigenvalue weighted by Gasteiger charge is -2.37. The molecule has 200 valence electrons. The first-order valence-electron chi connectivity index (χ1n) is 15.3. The Balaban J connectivity index is 1.39. The summed E-state index contributed by atoms with van der Waals surface area (Å²) in [6, 6.07) is 5.21. The van der Waals surface area contributed by atoms with Crippen LogP contribution in [0.1, 0.15) is 147 Å². The van der Waals surface area contributed by atoms with E-state index in [1.165, 1.54) is 82.6 Å². The van der Waals surface area contributed by atoms with E-state index in [4.69, 9.17) is 5.73 Å². The summed E-state index contributed by atoms with van der Waals surface area (Å²) >= 11 is 0. The van der Waals surface area contributed by atoms with Gasteiger partial charge in [0.2, 0.25) is 0 Å². The molecule has 3 aliphatic carbocycles. The Morgan fingerprint density at radius 1 is 0.944 bits per heavy atom. The van der Waals surface area contributed by atoms with Crippen LogP contribution in [0.3, 0.4) is 0 Å². The van der Waals surface area contributed by atoms with Crippen LogP contribution in [0.2, 0.25) is 0 Å². The van der Waals surface area contributed by atoms with Gasteiger partial charge in [0, 0.05) is 5.54 Å². The molecule has 2 fully saturated rings. The van der Waals surface area contributed by atoms with Crippen LogP contribution in [-0.4, -0.2) is 5.54 Å². The van der Waals surface area contributed by atoms with Crippen molar-refractivity contribution in [1.82, 2.24) is 0 Å². The molecule has 1 unspecified atom stereocenters. The van der Waals surface area contributed by atoms with Crippen LogP contribution in [0.15, 0.2) is 30.4 Å². The zero-order chi connectivity index (χ0) is 26.0. The Bertz CT molecular complexity index is 947. The molecule has 2 N–H and O–H groups in total. The summed E-state index contributed by atoms with van der Waals surface area (Å²) in [5, 5.41) is 0. The van der Waals surface area contributed by atoms with E-state index in [-0.39, 0.29) is 5.54 Å². The van der Waals surface area contributed by atoms with Crippen LogP contribution in [0.5, 0.6) is 0 Å². The second-order valence-electron chi connectivity index (χ2n) is 14.3. The zero-order valence-electron chi connectivity index (χ0n) is 24.5. The van der Waals surface area contributed by atoms with Crippen molar-refractivity contribution in [3.63, 3.8) is 0 Å². The molecule has 1 aromatic carbocycles. The minimum Gasteiger partial charge on any atom is -0.325 e. The minimum atomic E-state index is 0.0917. The molecule has 4 rings (SSSR count). The second kappa shape index (κ2) is 11.2. The maximum atomic E-state index is 6.39. The average molecular weight is 490 g/mol. The van der Waals surface area contributed by atoms with Crippen molar-refractivity contribution in [2.45, 2.75) is 143 Å². The third-order valence-corrected chi connectivity index (χ3v) is 10.2. The number of benzene rings is 1. The molecule has 1 aromatic rings. The van der Waals surface area contributed by atoms with Crippen molar-refractivity contribution in [1.29, 1.82) is 0 Å². The summed E-state index contributed by atoms with van der Waals surface area (Å²) in [5.41, 5.74) is 15.2. The molecule has 0 spiro atoms. The summed E-state index contributed by atoms with van der Waals surface area (Å²) in [7, 11) is 0. The standard InChI is InChI=1S/C35H55N/c1-7-27-23-31(28-11-9-10-12-28)32(29-13-14-29)24-30(27)25-33(3,4)21-22-34(5,8-2)18-15-26-16-19-35(6,36)20-17-26/h9-11,23-24,26,29H,7-8,12-22,25,36H2,1-6H3. The number of hydrogen-bond donors (Lipinski definition) is 1. The molecule has 0 heterocycles. The lowest BCUT2D eigenvalue weighted by molar-refractivity contribution is 0.167. The van der Waals surface area contributed by atoms with E-state index in [0.717, 1.165) is 24.7 Å². The van der Waals surface area contributed by atoms with Gasteiger partial charge in [-0.1, -0.05) is 71.4 Å². The maximum Gasteiger partial charge on any atom is 0.0126 e. The molecule has 0 radical (unpaired) electrons. The molecule has 0 saturated heterocycles. The fraction of sp³-hybridized carbons (Fsp3) is 0.714. The fourth-order valence-corrected chi connectivity index (χ4v) is 6.76. The number of aryl methyl sites for hydroxylation is 1. The first kappa shape index (κ1) is 27.7. The number of nitrogens with two attached hydrogens (primary N) is 1. The van der Waals surface area contributed by atoms with Gasteiger partial charge in [-0.2, -0.15) is 0 Å². The minimum absolute atomic E-state index is 0.0917. The summed E-state index contributed by atoms with van der Waals surface area (Å²) < 4.78 is 0. The SMILES string of the molecule is CCc1cc(C2=CC=CC2)c(C2CC2)cc1CC(C)(C)CCC(C)(CC)CCC1CCC(C)(N)CC1. The van der Waals surface area contributed by atoms with E-state index in [9.17, 15) is 0 Å². The smallest absolute Gasteiger partial charge is 0.0126 e. The van der Waals surface area contributed by atoms with Crippen LogP contribution in [0.4, 0.5) is 0 Å². The van der Waals surface area contributed by atoms with Gasteiger partial charge in [0.25, 0.3) is 0 Å². The average Bonchev–Trinajstić information content (AvgIpc) is 3.55. The monoisotopic (exact) mass is 489 g/mol. The van der Waals surface area contributed by atoms with E-state index in [0.29, 0.717) is 10.8 Å². The third kappa shape index (κ3) is 7.15. The van der Waals surface area contributed by atoms with E-state index >= 15 is 0 Å². The van der Waals surface area contributed by atoms with Crippen molar-refractivity contribution in [3.8, 4) is 0 Å². The third-order valence-electron chi connectivity index (χ3n) is 10.2. The molecule has 0 aromatic heterocycles. The number of hydrogen-bond acceptors (Lipinski definition) is 1. The zero-order valence-corrected chi connectivity index (χ0v) is 24.5. The van der Waals surface area contributed by atoms with Crippen LogP contribution >= 0.6 is 0 Å². The highest BCUT2D eigenvalue weighted by atomic mass is 14.7. The largest absolute Gasteiger partial charge is 0.325 e. The molecule has 1 heteroatoms. The molecule has 1 nitrogen and oxygen atoms in total. The van der Waals surface area contributed by atoms with E-state index in [2.05, 4.69) is 71.9 Å². The van der Waals surface area contributed by atoms with Gasteiger partial charge < -0.3 is 5.73 Å². The summed E-state index contributed by atoms with van der Waals surface area (Å²) in [5.74, 6) is 1.70. The van der Waals surface area contributed by atoms with Crippen LogP contribution in [-0.2, 0) is 12.8 Å².